The third-order valence-corrected chi connectivity index (χ3v) is 5.50. The first-order valence-electron chi connectivity index (χ1n) is 10.0. The van der Waals surface area contributed by atoms with Crippen LogP contribution in [0.25, 0.3) is 0 Å². The van der Waals surface area contributed by atoms with Crippen LogP contribution < -0.4 is 15.4 Å². The number of nitrogens with one attached hydrogen (secondary N) is 2. The number of anilines is 2. The van der Waals surface area contributed by atoms with Crippen LogP contribution in [0.5, 0.6) is 5.75 Å². The van der Waals surface area contributed by atoms with Gasteiger partial charge in [0.05, 0.1) is 0 Å². The van der Waals surface area contributed by atoms with Crippen LogP contribution in [0.3, 0.4) is 0 Å². The zero-order valence-corrected chi connectivity index (χ0v) is 18.8. The van der Waals surface area contributed by atoms with Crippen molar-refractivity contribution in [3.8, 4) is 5.75 Å². The zero-order valence-electron chi connectivity index (χ0n) is 17.3. The minimum absolute atomic E-state index is 0.107. The number of hydrogen-bond acceptors (Lipinski definition) is 3. The Morgan fingerprint density at radius 2 is 1.72 bits per heavy atom. The van der Waals surface area contributed by atoms with Crippen molar-refractivity contribution in [2.45, 2.75) is 26.1 Å². The van der Waals surface area contributed by atoms with Crippen LogP contribution in [0, 0.1) is 0 Å². The fraction of sp³-hybridized carbons (Fsp3) is 0.167. The van der Waals surface area contributed by atoms with E-state index in [4.69, 9.17) is 27.9 Å². The maximum atomic E-state index is 12.9. The maximum Gasteiger partial charge on any atom is 0.323 e. The lowest BCUT2D eigenvalue weighted by molar-refractivity contribution is -0.138. The predicted molar refractivity (Wildman–Crippen MR) is 126 cm³/mol. The lowest BCUT2D eigenvalue weighted by Gasteiger charge is -2.22. The van der Waals surface area contributed by atoms with Crippen LogP contribution >= 0.6 is 23.2 Å². The van der Waals surface area contributed by atoms with E-state index in [1.54, 1.807) is 60.4 Å². The summed E-state index contributed by atoms with van der Waals surface area (Å²) in [5, 5.41) is 6.72. The molecule has 0 aromatic heterocycles. The number of carbonyl (C=O) groups is 2. The predicted octanol–water partition coefficient (Wildman–Crippen LogP) is 5.95. The lowest BCUT2D eigenvalue weighted by atomic mass is 10.1. The second kappa shape index (κ2) is 9.51. The highest BCUT2D eigenvalue weighted by atomic mass is 35.5. The van der Waals surface area contributed by atoms with E-state index in [1.165, 1.54) is 0 Å². The summed E-state index contributed by atoms with van der Waals surface area (Å²) in [5.74, 6) is 0.509. The average molecular weight is 470 g/mol. The van der Waals surface area contributed by atoms with Crippen molar-refractivity contribution < 1.29 is 14.3 Å². The molecular formula is C24H21Cl2N3O3. The molecular weight excluding hydrogens is 449 g/mol. The average Bonchev–Trinajstić information content (AvgIpc) is 2.86. The van der Waals surface area contributed by atoms with E-state index >= 15 is 0 Å². The number of halogens is 2. The lowest BCUT2D eigenvalue weighted by Crippen LogP contribution is -2.37. The molecule has 8 heteroatoms. The van der Waals surface area contributed by atoms with Crippen molar-refractivity contribution in [1.29, 1.82) is 0 Å². The van der Waals surface area contributed by atoms with Crippen LogP contribution in [-0.2, 0) is 17.9 Å². The van der Waals surface area contributed by atoms with Gasteiger partial charge in [0.2, 0.25) is 0 Å². The van der Waals surface area contributed by atoms with Gasteiger partial charge in [-0.1, -0.05) is 41.4 Å². The van der Waals surface area contributed by atoms with Gasteiger partial charge in [-0.3, -0.25) is 4.79 Å². The highest BCUT2D eigenvalue weighted by Gasteiger charge is 2.28. The van der Waals surface area contributed by atoms with Crippen LogP contribution in [-0.4, -0.2) is 22.9 Å². The number of ether oxygens (including phenoxy) is 1. The molecule has 3 aromatic rings. The summed E-state index contributed by atoms with van der Waals surface area (Å²) < 4.78 is 5.87. The van der Waals surface area contributed by atoms with Gasteiger partial charge >= 0.3 is 6.03 Å². The van der Waals surface area contributed by atoms with Crippen molar-refractivity contribution in [1.82, 2.24) is 4.90 Å². The van der Waals surface area contributed by atoms with Crippen molar-refractivity contribution in [3.63, 3.8) is 0 Å². The fourth-order valence-electron chi connectivity index (χ4n) is 3.48. The van der Waals surface area contributed by atoms with Gasteiger partial charge in [-0.2, -0.15) is 0 Å². The Hall–Kier alpha value is -3.22. The fourth-order valence-corrected chi connectivity index (χ4v) is 3.80. The van der Waals surface area contributed by atoms with E-state index in [0.29, 0.717) is 40.3 Å². The minimum atomic E-state index is -0.617. The molecule has 3 amide bonds. The topological polar surface area (TPSA) is 70.7 Å². The van der Waals surface area contributed by atoms with Crippen molar-refractivity contribution in [2.24, 2.45) is 0 Å². The first kappa shape index (κ1) is 22.0. The van der Waals surface area contributed by atoms with Gasteiger partial charge in [-0.15, -0.1) is 0 Å². The first-order valence-corrected chi connectivity index (χ1v) is 10.8. The molecule has 0 aliphatic carbocycles. The molecule has 1 aliphatic heterocycles. The van der Waals surface area contributed by atoms with Crippen LogP contribution in [0.2, 0.25) is 10.0 Å². The molecule has 4 rings (SSSR count). The summed E-state index contributed by atoms with van der Waals surface area (Å²) >= 11 is 11.9. The van der Waals surface area contributed by atoms with Gasteiger partial charge in [0.25, 0.3) is 5.91 Å². The molecule has 0 radical (unpaired) electrons. The Labute approximate surface area is 196 Å². The molecule has 32 heavy (non-hydrogen) atoms. The first-order chi connectivity index (χ1) is 15.4. The van der Waals surface area contributed by atoms with E-state index < -0.39 is 12.1 Å². The van der Waals surface area contributed by atoms with E-state index in [2.05, 4.69) is 10.6 Å². The van der Waals surface area contributed by atoms with Crippen LogP contribution in [0.15, 0.2) is 66.7 Å². The largest absolute Gasteiger partial charge is 0.481 e. The molecule has 2 N–H and O–H groups in total. The number of benzene rings is 3. The van der Waals surface area contributed by atoms with Crippen molar-refractivity contribution in [2.75, 3.05) is 10.6 Å². The minimum Gasteiger partial charge on any atom is -0.481 e. The Kier molecular flexibility index (Phi) is 6.53. The molecule has 164 valence electrons. The highest BCUT2D eigenvalue weighted by molar-refractivity contribution is 6.31. The molecule has 0 saturated carbocycles. The van der Waals surface area contributed by atoms with Crippen molar-refractivity contribution in [3.05, 3.63) is 87.9 Å². The number of hydrogen-bond donors (Lipinski definition) is 2. The van der Waals surface area contributed by atoms with E-state index in [1.807, 2.05) is 18.2 Å². The van der Waals surface area contributed by atoms with E-state index in [-0.39, 0.29) is 5.91 Å². The summed E-state index contributed by atoms with van der Waals surface area (Å²) in [6.45, 7) is 2.51. The van der Waals surface area contributed by atoms with Gasteiger partial charge in [-0.05, 0) is 61.0 Å². The number of amides is 3. The molecule has 6 nitrogen and oxygen atoms in total. The van der Waals surface area contributed by atoms with Gasteiger partial charge in [0, 0.05) is 40.1 Å². The summed E-state index contributed by atoms with van der Waals surface area (Å²) in [6.07, 6.45) is -0.617. The van der Waals surface area contributed by atoms with Crippen LogP contribution in [0.1, 0.15) is 18.1 Å². The van der Waals surface area contributed by atoms with Gasteiger partial charge < -0.3 is 20.3 Å². The summed E-state index contributed by atoms with van der Waals surface area (Å²) in [6, 6.07) is 19.2. The second-order valence-corrected chi connectivity index (χ2v) is 8.37. The van der Waals surface area contributed by atoms with Gasteiger partial charge in [0.15, 0.2) is 6.10 Å². The van der Waals surface area contributed by atoms with Crippen molar-refractivity contribution >= 4 is 46.5 Å². The molecule has 0 bridgehead atoms. The number of rotatable bonds is 4. The number of urea groups is 1. The van der Waals surface area contributed by atoms with E-state index in [9.17, 15) is 9.59 Å². The Bertz CT molecular complexity index is 1150. The molecule has 1 heterocycles. The third kappa shape index (κ3) is 5.33. The summed E-state index contributed by atoms with van der Waals surface area (Å²) in [5.41, 5.74) is 2.94. The van der Waals surface area contributed by atoms with Crippen LogP contribution in [0.4, 0.5) is 16.2 Å². The molecule has 0 fully saturated rings. The molecule has 1 aliphatic rings. The molecule has 0 unspecified atom stereocenters. The summed E-state index contributed by atoms with van der Waals surface area (Å²) in [4.78, 5) is 27.0. The Balaban J connectivity index is 1.50. The maximum absolute atomic E-state index is 12.9. The Morgan fingerprint density at radius 1 is 1.00 bits per heavy atom. The van der Waals surface area contributed by atoms with Gasteiger partial charge in [0.1, 0.15) is 5.75 Å². The number of carbonyl (C=O) groups excluding carboxylic acids is 2. The zero-order chi connectivity index (χ0) is 22.7. The molecule has 1 atom stereocenters. The standard InChI is InChI=1S/C24H21Cl2N3O3/c1-15-23(30)29(13-16-5-7-18(25)8-6-16)14-17-11-21(9-10-22(17)32-15)28-24(31)27-20-4-2-3-19(26)12-20/h2-12,15H,13-14H2,1H3,(H2,27,28,31)/t15-/m0/s1. The van der Waals surface area contributed by atoms with E-state index in [0.717, 1.165) is 11.1 Å². The monoisotopic (exact) mass is 469 g/mol. The molecule has 0 saturated heterocycles. The third-order valence-electron chi connectivity index (χ3n) is 5.01. The molecule has 0 spiro atoms. The quantitative estimate of drug-likeness (QED) is 0.495. The van der Waals surface area contributed by atoms with Gasteiger partial charge in [-0.25, -0.2) is 4.79 Å². The smallest absolute Gasteiger partial charge is 0.323 e. The Morgan fingerprint density at radius 3 is 2.44 bits per heavy atom. The normalized spacial score (nSPS) is 15.4. The number of fused-ring (bicyclic) bond motifs is 1. The number of nitrogens with zero attached hydrogens (tertiary/aromatic N) is 1. The highest BCUT2D eigenvalue weighted by Crippen LogP contribution is 2.29. The molecule has 3 aromatic carbocycles. The second-order valence-electron chi connectivity index (χ2n) is 7.49. The SMILES string of the molecule is C[C@@H]1Oc2ccc(NC(=O)Nc3cccc(Cl)c3)cc2CN(Cc2ccc(Cl)cc2)C1=O. The summed E-state index contributed by atoms with van der Waals surface area (Å²) in [7, 11) is 0.